The van der Waals surface area contributed by atoms with Crippen molar-refractivity contribution in [1.82, 2.24) is 4.90 Å². The molecule has 1 nitrogen and oxygen atoms in total. The number of rotatable bonds is 2. The quantitative estimate of drug-likeness (QED) is 0.686. The largest absolute Gasteiger partial charge is 0.299 e. The maximum atomic E-state index is 2.61. The number of likely N-dealkylation sites (N-methyl/N-ethyl adjacent to an activating group) is 1. The highest BCUT2D eigenvalue weighted by molar-refractivity contribution is 5.31. The summed E-state index contributed by atoms with van der Waals surface area (Å²) in [7, 11) is 2.27. The first-order valence-corrected chi connectivity index (χ1v) is 6.86. The molecule has 0 aromatic carbocycles. The zero-order valence-electron chi connectivity index (χ0n) is 10.5. The van der Waals surface area contributed by atoms with E-state index < -0.39 is 0 Å². The average Bonchev–Trinajstić information content (AvgIpc) is 3.03. The topological polar surface area (TPSA) is 3.24 Å². The zero-order valence-corrected chi connectivity index (χ0v) is 10.5. The second-order valence-electron chi connectivity index (χ2n) is 5.94. The Morgan fingerprint density at radius 1 is 1.25 bits per heavy atom. The normalized spacial score (nSPS) is 40.1. The smallest absolute Gasteiger partial charge is 0.0342 e. The Bertz CT molecular complexity index is 324. The van der Waals surface area contributed by atoms with Gasteiger partial charge in [0.05, 0.1) is 0 Å². The fourth-order valence-electron chi connectivity index (χ4n) is 3.42. The van der Waals surface area contributed by atoms with Gasteiger partial charge >= 0.3 is 0 Å². The van der Waals surface area contributed by atoms with Crippen LogP contribution >= 0.6 is 0 Å². The molecule has 1 heteroatoms. The van der Waals surface area contributed by atoms with Gasteiger partial charge in [-0.15, -0.1) is 0 Å². The average molecular weight is 217 g/mol. The molecule has 1 aliphatic heterocycles. The molecule has 1 saturated carbocycles. The first kappa shape index (κ1) is 10.6. The Kier molecular flexibility index (Phi) is 2.67. The van der Waals surface area contributed by atoms with E-state index in [1.54, 1.807) is 5.57 Å². The molecule has 1 saturated heterocycles. The fraction of sp³-hybridized carbons (Fsp3) is 0.733. The van der Waals surface area contributed by atoms with Crippen LogP contribution in [0.25, 0.3) is 0 Å². The minimum Gasteiger partial charge on any atom is -0.299 e. The number of hydrogen-bond donors (Lipinski definition) is 0. The van der Waals surface area contributed by atoms with Crippen molar-refractivity contribution in [3.8, 4) is 0 Å². The molecule has 0 aromatic heterocycles. The minimum atomic E-state index is 0.713. The van der Waals surface area contributed by atoms with Gasteiger partial charge in [-0.05, 0) is 62.6 Å². The summed E-state index contributed by atoms with van der Waals surface area (Å²) in [6, 6.07) is 0.713. The summed E-state index contributed by atoms with van der Waals surface area (Å²) in [5.41, 5.74) is 1.61. The second kappa shape index (κ2) is 4.03. The van der Waals surface area contributed by atoms with Crippen molar-refractivity contribution in [2.24, 2.45) is 17.8 Å². The summed E-state index contributed by atoms with van der Waals surface area (Å²) in [6.45, 7) is 3.66. The molecule has 0 aromatic rings. The van der Waals surface area contributed by atoms with E-state index >= 15 is 0 Å². The number of hydrogen-bond acceptors (Lipinski definition) is 1. The Morgan fingerprint density at radius 3 is 2.69 bits per heavy atom. The van der Waals surface area contributed by atoms with Crippen LogP contribution in [0.1, 0.15) is 32.6 Å². The van der Waals surface area contributed by atoms with Gasteiger partial charge in [0.15, 0.2) is 0 Å². The van der Waals surface area contributed by atoms with Crippen molar-refractivity contribution in [3.63, 3.8) is 0 Å². The molecule has 2 fully saturated rings. The summed E-state index contributed by atoms with van der Waals surface area (Å²) in [5, 5.41) is 0. The van der Waals surface area contributed by atoms with Gasteiger partial charge in [-0.2, -0.15) is 0 Å². The van der Waals surface area contributed by atoms with Crippen molar-refractivity contribution in [3.05, 3.63) is 23.8 Å². The van der Waals surface area contributed by atoms with Crippen LogP contribution in [0.4, 0.5) is 0 Å². The molecule has 1 heterocycles. The zero-order chi connectivity index (χ0) is 11.1. The van der Waals surface area contributed by atoms with Crippen molar-refractivity contribution < 1.29 is 0 Å². The second-order valence-corrected chi connectivity index (χ2v) is 5.94. The van der Waals surface area contributed by atoms with Gasteiger partial charge in [0.1, 0.15) is 0 Å². The van der Waals surface area contributed by atoms with Gasteiger partial charge < -0.3 is 0 Å². The van der Waals surface area contributed by atoms with Gasteiger partial charge in [0.25, 0.3) is 0 Å². The summed E-state index contributed by atoms with van der Waals surface area (Å²) < 4.78 is 0. The number of allylic oxidation sites excluding steroid dienone is 2. The number of nitrogens with zero attached hydrogens (tertiary/aromatic N) is 1. The monoisotopic (exact) mass is 217 g/mol. The number of likely N-dealkylation sites (tertiary alicyclic amines) is 1. The van der Waals surface area contributed by atoms with Crippen LogP contribution < -0.4 is 0 Å². The Balaban J connectivity index is 1.79. The molecular weight excluding hydrogens is 194 g/mol. The van der Waals surface area contributed by atoms with E-state index in [0.717, 1.165) is 17.8 Å². The van der Waals surface area contributed by atoms with Gasteiger partial charge in [0.2, 0.25) is 0 Å². The van der Waals surface area contributed by atoms with E-state index in [4.69, 9.17) is 0 Å². The molecule has 0 N–H and O–H groups in total. The third-order valence-electron chi connectivity index (χ3n) is 4.66. The van der Waals surface area contributed by atoms with Crippen LogP contribution in [-0.4, -0.2) is 24.5 Å². The van der Waals surface area contributed by atoms with E-state index in [-0.39, 0.29) is 0 Å². The fourth-order valence-corrected chi connectivity index (χ4v) is 3.42. The lowest BCUT2D eigenvalue weighted by Crippen LogP contribution is -2.28. The van der Waals surface area contributed by atoms with Crippen molar-refractivity contribution in [2.45, 2.75) is 38.6 Å². The Hall–Kier alpha value is -0.560. The summed E-state index contributed by atoms with van der Waals surface area (Å²) in [5.74, 6) is 2.61. The summed E-state index contributed by atoms with van der Waals surface area (Å²) in [4.78, 5) is 2.52. The molecule has 3 rings (SSSR count). The van der Waals surface area contributed by atoms with Gasteiger partial charge in [-0.25, -0.2) is 0 Å². The first-order chi connectivity index (χ1) is 7.75. The van der Waals surface area contributed by atoms with E-state index in [1.165, 1.54) is 32.2 Å². The van der Waals surface area contributed by atoms with Gasteiger partial charge in [-0.1, -0.05) is 25.2 Å². The highest BCUT2D eigenvalue weighted by atomic mass is 15.1. The predicted molar refractivity (Wildman–Crippen MR) is 68.3 cm³/mol. The van der Waals surface area contributed by atoms with Crippen LogP contribution in [0.2, 0.25) is 0 Å². The standard InChI is InChI=1S/C15H23N/c1-11-5-6-13(10-14(11)12-7-8-12)15-4-3-9-16(15)2/h5-6,10-12,14-15H,3-4,7-9H2,1-2H3. The molecule has 2 aliphatic carbocycles. The van der Waals surface area contributed by atoms with Crippen LogP contribution in [0, 0.1) is 17.8 Å². The van der Waals surface area contributed by atoms with E-state index in [0.29, 0.717) is 6.04 Å². The maximum absolute atomic E-state index is 2.61. The molecule has 3 atom stereocenters. The Morgan fingerprint density at radius 2 is 2.06 bits per heavy atom. The van der Waals surface area contributed by atoms with Gasteiger partial charge in [-0.3, -0.25) is 4.90 Å². The van der Waals surface area contributed by atoms with E-state index in [1.807, 2.05) is 0 Å². The lowest BCUT2D eigenvalue weighted by atomic mass is 9.82. The molecule has 3 aliphatic rings. The van der Waals surface area contributed by atoms with Crippen molar-refractivity contribution >= 4 is 0 Å². The van der Waals surface area contributed by atoms with Crippen LogP contribution in [-0.2, 0) is 0 Å². The summed E-state index contributed by atoms with van der Waals surface area (Å²) in [6.07, 6.45) is 13.1. The van der Waals surface area contributed by atoms with E-state index in [2.05, 4.69) is 37.1 Å². The minimum absolute atomic E-state index is 0.713. The first-order valence-electron chi connectivity index (χ1n) is 6.86. The highest BCUT2D eigenvalue weighted by Crippen LogP contribution is 2.44. The highest BCUT2D eigenvalue weighted by Gasteiger charge is 2.35. The lowest BCUT2D eigenvalue weighted by Gasteiger charge is -2.28. The summed E-state index contributed by atoms with van der Waals surface area (Å²) >= 11 is 0. The predicted octanol–water partition coefficient (Wildman–Crippen LogP) is 3.24. The third kappa shape index (κ3) is 1.86. The molecule has 0 bridgehead atoms. The molecular formula is C15H23N. The molecule has 88 valence electrons. The lowest BCUT2D eigenvalue weighted by molar-refractivity contribution is 0.341. The Labute approximate surface area is 99.2 Å². The third-order valence-corrected chi connectivity index (χ3v) is 4.66. The van der Waals surface area contributed by atoms with Gasteiger partial charge in [0, 0.05) is 6.04 Å². The van der Waals surface area contributed by atoms with Crippen LogP contribution in [0.5, 0.6) is 0 Å². The van der Waals surface area contributed by atoms with Crippen LogP contribution in [0.3, 0.4) is 0 Å². The van der Waals surface area contributed by atoms with Crippen molar-refractivity contribution in [1.29, 1.82) is 0 Å². The van der Waals surface area contributed by atoms with Crippen LogP contribution in [0.15, 0.2) is 23.8 Å². The van der Waals surface area contributed by atoms with E-state index in [9.17, 15) is 0 Å². The SMILES string of the molecule is CC1C=CC(C2CCCN2C)=CC1C1CC1. The molecule has 0 spiro atoms. The maximum Gasteiger partial charge on any atom is 0.0342 e. The molecule has 3 unspecified atom stereocenters. The molecule has 0 radical (unpaired) electrons. The van der Waals surface area contributed by atoms with Crippen molar-refractivity contribution in [2.75, 3.05) is 13.6 Å². The molecule has 0 amide bonds. The molecule has 16 heavy (non-hydrogen) atoms.